The molecule has 1 fully saturated rings. The topological polar surface area (TPSA) is 90.7 Å². The number of nitrogens with zero attached hydrogens (tertiary/aromatic N) is 1. The predicted molar refractivity (Wildman–Crippen MR) is 87.8 cm³/mol. The Labute approximate surface area is 136 Å². The zero-order valence-electron chi connectivity index (χ0n) is 13.8. The van der Waals surface area contributed by atoms with E-state index >= 15 is 0 Å². The lowest BCUT2D eigenvalue weighted by molar-refractivity contribution is -0.384. The zero-order valence-corrected chi connectivity index (χ0v) is 13.8. The second-order valence-corrected chi connectivity index (χ2v) is 5.31. The van der Waals surface area contributed by atoms with Gasteiger partial charge in [-0.1, -0.05) is 6.92 Å². The van der Waals surface area contributed by atoms with Crippen molar-refractivity contribution in [2.75, 3.05) is 32.2 Å². The van der Waals surface area contributed by atoms with E-state index in [1.807, 2.05) is 6.92 Å². The number of methoxy groups -OCH3 is 1. The molecular weight excluding hydrogens is 300 g/mol. The van der Waals surface area contributed by atoms with E-state index in [9.17, 15) is 14.9 Å². The molecule has 1 N–H and O–H groups in total. The number of rotatable bonds is 4. The molecule has 1 heterocycles. The Morgan fingerprint density at radius 3 is 2.52 bits per heavy atom. The molecule has 2 rings (SSSR count). The molecule has 1 aliphatic rings. The molecule has 7 heteroatoms. The first-order chi connectivity index (χ1) is 11.0. The van der Waals surface area contributed by atoms with Crippen LogP contribution in [0.4, 0.5) is 11.4 Å². The van der Waals surface area contributed by atoms with E-state index in [0.717, 1.165) is 19.1 Å². The van der Waals surface area contributed by atoms with Gasteiger partial charge in [0.1, 0.15) is 5.69 Å². The Balaban J connectivity index is 0.000000313. The van der Waals surface area contributed by atoms with Gasteiger partial charge in [-0.05, 0) is 37.8 Å². The standard InChI is InChI=1S/C10H12N2O4.C6H12O/c1-3-11-8-5-4-7(10(13)16-2)6-9(8)12(14)15;1-6-2-4-7-5-3-6/h4-6,11H,3H2,1-2H3;6H,2-5H2,1H3. The zero-order chi connectivity index (χ0) is 17.2. The molecule has 7 nitrogen and oxygen atoms in total. The van der Waals surface area contributed by atoms with Crippen molar-refractivity contribution in [1.29, 1.82) is 0 Å². The van der Waals surface area contributed by atoms with Gasteiger partial charge in [0.05, 0.1) is 17.6 Å². The second kappa shape index (κ2) is 9.78. The summed E-state index contributed by atoms with van der Waals surface area (Å²) in [5.74, 6) is 0.319. The van der Waals surface area contributed by atoms with Crippen LogP contribution in [-0.4, -0.2) is 37.8 Å². The predicted octanol–water partition coefficient (Wildman–Crippen LogP) is 3.25. The van der Waals surface area contributed by atoms with Gasteiger partial charge in [-0.2, -0.15) is 0 Å². The third-order valence-electron chi connectivity index (χ3n) is 3.49. The highest BCUT2D eigenvalue weighted by atomic mass is 16.6. The number of anilines is 1. The van der Waals surface area contributed by atoms with Crippen molar-refractivity contribution < 1.29 is 19.2 Å². The minimum Gasteiger partial charge on any atom is -0.465 e. The first-order valence-electron chi connectivity index (χ1n) is 7.68. The number of hydrogen-bond donors (Lipinski definition) is 1. The SMILES string of the molecule is CC1CCOCC1.CCNc1ccc(C(=O)OC)cc1[N+](=O)[O-]. The van der Waals surface area contributed by atoms with Crippen molar-refractivity contribution in [2.45, 2.75) is 26.7 Å². The maximum Gasteiger partial charge on any atom is 0.338 e. The van der Waals surface area contributed by atoms with Crippen molar-refractivity contribution in [3.8, 4) is 0 Å². The number of benzene rings is 1. The normalized spacial score (nSPS) is 14.4. The van der Waals surface area contributed by atoms with Gasteiger partial charge >= 0.3 is 5.97 Å². The van der Waals surface area contributed by atoms with E-state index in [4.69, 9.17) is 4.74 Å². The first kappa shape index (κ1) is 18.9. The second-order valence-electron chi connectivity index (χ2n) is 5.31. The van der Waals surface area contributed by atoms with Gasteiger partial charge in [0.25, 0.3) is 5.69 Å². The highest BCUT2D eigenvalue weighted by molar-refractivity contribution is 5.91. The third kappa shape index (κ3) is 6.23. The molecule has 1 aliphatic heterocycles. The molecule has 0 atom stereocenters. The fourth-order valence-corrected chi connectivity index (χ4v) is 2.08. The van der Waals surface area contributed by atoms with Gasteiger partial charge in [-0.15, -0.1) is 0 Å². The lowest BCUT2D eigenvalue weighted by Crippen LogP contribution is -2.12. The van der Waals surface area contributed by atoms with Crippen molar-refractivity contribution >= 4 is 17.3 Å². The molecule has 1 saturated heterocycles. The van der Waals surface area contributed by atoms with E-state index in [-0.39, 0.29) is 11.3 Å². The minimum absolute atomic E-state index is 0.134. The van der Waals surface area contributed by atoms with Gasteiger partial charge in [0.15, 0.2) is 0 Å². The highest BCUT2D eigenvalue weighted by Gasteiger charge is 2.17. The summed E-state index contributed by atoms with van der Waals surface area (Å²) < 4.78 is 9.63. The van der Waals surface area contributed by atoms with Crippen LogP contribution in [0.15, 0.2) is 18.2 Å². The van der Waals surface area contributed by atoms with E-state index in [2.05, 4.69) is 17.0 Å². The summed E-state index contributed by atoms with van der Waals surface area (Å²) in [6, 6.07) is 4.18. The molecule has 128 valence electrons. The molecule has 0 aliphatic carbocycles. The molecule has 0 radical (unpaired) electrons. The molecule has 0 unspecified atom stereocenters. The summed E-state index contributed by atoms with van der Waals surface area (Å²) in [6.45, 7) is 6.65. The Kier molecular flexibility index (Phi) is 8.04. The van der Waals surface area contributed by atoms with Crippen LogP contribution in [0.5, 0.6) is 0 Å². The van der Waals surface area contributed by atoms with Gasteiger partial charge in [0, 0.05) is 25.8 Å². The summed E-state index contributed by atoms with van der Waals surface area (Å²) in [7, 11) is 1.23. The van der Waals surface area contributed by atoms with E-state index < -0.39 is 10.9 Å². The molecule has 0 amide bonds. The Hall–Kier alpha value is -2.15. The van der Waals surface area contributed by atoms with Gasteiger partial charge in [-0.3, -0.25) is 10.1 Å². The minimum atomic E-state index is -0.592. The van der Waals surface area contributed by atoms with Crippen LogP contribution in [0, 0.1) is 16.0 Å². The van der Waals surface area contributed by atoms with E-state index in [1.54, 1.807) is 0 Å². The van der Waals surface area contributed by atoms with Crippen LogP contribution in [0.2, 0.25) is 0 Å². The molecule has 1 aromatic carbocycles. The molecule has 1 aromatic rings. The first-order valence-corrected chi connectivity index (χ1v) is 7.68. The summed E-state index contributed by atoms with van der Waals surface area (Å²) in [6.07, 6.45) is 2.53. The van der Waals surface area contributed by atoms with Crippen LogP contribution in [0.3, 0.4) is 0 Å². The summed E-state index contributed by atoms with van der Waals surface area (Å²) in [4.78, 5) is 21.4. The Morgan fingerprint density at radius 1 is 1.43 bits per heavy atom. The quantitative estimate of drug-likeness (QED) is 0.519. The summed E-state index contributed by atoms with van der Waals surface area (Å²) in [5.41, 5.74) is 0.417. The highest BCUT2D eigenvalue weighted by Crippen LogP contribution is 2.25. The molecule has 0 spiro atoms. The number of carbonyl (C=O) groups is 1. The number of carbonyl (C=O) groups excluding carboxylic acids is 1. The average Bonchev–Trinajstić information content (AvgIpc) is 2.56. The number of esters is 1. The Morgan fingerprint density at radius 2 is 2.09 bits per heavy atom. The maximum absolute atomic E-state index is 11.2. The van der Waals surface area contributed by atoms with Crippen LogP contribution in [0.25, 0.3) is 0 Å². The summed E-state index contributed by atoms with van der Waals surface area (Å²) in [5, 5.41) is 13.6. The van der Waals surface area contributed by atoms with Crippen molar-refractivity contribution in [3.05, 3.63) is 33.9 Å². The van der Waals surface area contributed by atoms with Crippen LogP contribution >= 0.6 is 0 Å². The lowest BCUT2D eigenvalue weighted by atomic mass is 10.0. The Bertz CT molecular complexity index is 527. The fourth-order valence-electron chi connectivity index (χ4n) is 2.08. The molecule has 0 bridgehead atoms. The monoisotopic (exact) mass is 324 g/mol. The number of hydrogen-bond acceptors (Lipinski definition) is 6. The molecular formula is C16H24N2O5. The molecule has 0 saturated carbocycles. The van der Waals surface area contributed by atoms with Crippen molar-refractivity contribution in [3.63, 3.8) is 0 Å². The smallest absolute Gasteiger partial charge is 0.338 e. The fraction of sp³-hybridized carbons (Fsp3) is 0.562. The molecule has 0 aromatic heterocycles. The number of ether oxygens (including phenoxy) is 2. The van der Waals surface area contributed by atoms with E-state index in [0.29, 0.717) is 12.2 Å². The van der Waals surface area contributed by atoms with Crippen molar-refractivity contribution in [1.82, 2.24) is 0 Å². The maximum atomic E-state index is 11.2. The largest absolute Gasteiger partial charge is 0.465 e. The van der Waals surface area contributed by atoms with Gasteiger partial charge < -0.3 is 14.8 Å². The number of nitrogens with one attached hydrogen (secondary N) is 1. The van der Waals surface area contributed by atoms with Crippen LogP contribution in [-0.2, 0) is 9.47 Å². The lowest BCUT2D eigenvalue weighted by Gasteiger charge is -2.16. The van der Waals surface area contributed by atoms with Gasteiger partial charge in [-0.25, -0.2) is 4.79 Å². The molecule has 23 heavy (non-hydrogen) atoms. The van der Waals surface area contributed by atoms with Crippen LogP contribution in [0.1, 0.15) is 37.0 Å². The third-order valence-corrected chi connectivity index (χ3v) is 3.49. The van der Waals surface area contributed by atoms with Gasteiger partial charge in [0.2, 0.25) is 0 Å². The average molecular weight is 324 g/mol. The van der Waals surface area contributed by atoms with E-state index in [1.165, 1.54) is 38.2 Å². The number of nitro groups is 1. The summed E-state index contributed by atoms with van der Waals surface area (Å²) >= 11 is 0. The van der Waals surface area contributed by atoms with Crippen molar-refractivity contribution in [2.24, 2.45) is 5.92 Å². The number of nitro benzene ring substituents is 1. The van der Waals surface area contributed by atoms with Crippen LogP contribution < -0.4 is 5.32 Å².